The summed E-state index contributed by atoms with van der Waals surface area (Å²) in [4.78, 5) is 13.1. The van der Waals surface area contributed by atoms with E-state index in [-0.39, 0.29) is 17.2 Å². The van der Waals surface area contributed by atoms with Gasteiger partial charge in [0, 0.05) is 24.2 Å². The van der Waals surface area contributed by atoms with Gasteiger partial charge in [-0.25, -0.2) is 0 Å². The molecular weight excluding hydrogens is 340 g/mol. The Morgan fingerprint density at radius 3 is 2.33 bits per heavy atom. The molecule has 1 N–H and O–H groups in total. The van der Waals surface area contributed by atoms with Crippen molar-refractivity contribution >= 4 is 11.6 Å². The van der Waals surface area contributed by atoms with Crippen molar-refractivity contribution in [1.82, 2.24) is 0 Å². The zero-order valence-electron chi connectivity index (χ0n) is 15.4. The van der Waals surface area contributed by atoms with Crippen LogP contribution in [0.3, 0.4) is 0 Å². The van der Waals surface area contributed by atoms with E-state index in [1.807, 2.05) is 55.5 Å². The molecule has 3 aromatic rings. The number of nitrogens with one attached hydrogen (secondary N) is 1. The molecule has 0 saturated heterocycles. The van der Waals surface area contributed by atoms with Crippen LogP contribution in [0.15, 0.2) is 66.7 Å². The average molecular weight is 362 g/mol. The van der Waals surface area contributed by atoms with Gasteiger partial charge >= 0.3 is 0 Å². The van der Waals surface area contributed by atoms with Crippen LogP contribution in [0, 0.1) is 12.1 Å². The lowest BCUT2D eigenvalue weighted by molar-refractivity contribution is -0.600. The van der Waals surface area contributed by atoms with E-state index in [2.05, 4.69) is 5.32 Å². The summed E-state index contributed by atoms with van der Waals surface area (Å²) in [6.07, 6.45) is 0.797. The fraction of sp³-hybridized carbons (Fsp3) is 0.182. The van der Waals surface area contributed by atoms with Crippen LogP contribution in [-0.2, 0) is 0 Å². The Balaban J connectivity index is 2.15. The standard InChI is InChI=1S/C22H22N2O3/c1-3-14-27-19-15-16(2)24(26)21(17-10-6-4-7-11-17)20(19)22(25)23-18-12-8-5-9-13-18/h4-13,15H,3,14H2,1-2H3,(H,23,25). The summed E-state index contributed by atoms with van der Waals surface area (Å²) in [7, 11) is 0. The van der Waals surface area contributed by atoms with Crippen LogP contribution in [0.25, 0.3) is 11.3 Å². The average Bonchev–Trinajstić information content (AvgIpc) is 2.69. The molecule has 2 aromatic carbocycles. The van der Waals surface area contributed by atoms with Gasteiger partial charge in [0.25, 0.3) is 5.91 Å². The maximum atomic E-state index is 13.1. The van der Waals surface area contributed by atoms with Gasteiger partial charge < -0.3 is 15.3 Å². The molecule has 0 unspecified atom stereocenters. The minimum absolute atomic E-state index is 0.235. The molecule has 0 atom stereocenters. The Bertz CT molecular complexity index is 925. The van der Waals surface area contributed by atoms with Crippen molar-refractivity contribution in [3.63, 3.8) is 0 Å². The predicted molar refractivity (Wildman–Crippen MR) is 106 cm³/mol. The smallest absolute Gasteiger partial charge is 0.266 e. The number of pyridine rings is 1. The van der Waals surface area contributed by atoms with Gasteiger partial charge in [-0.15, -0.1) is 0 Å². The van der Waals surface area contributed by atoms with E-state index < -0.39 is 0 Å². The van der Waals surface area contributed by atoms with Crippen LogP contribution in [0.4, 0.5) is 5.69 Å². The SMILES string of the molecule is CCCOc1cc(C)[n+]([O-])c(-c2ccccc2)c1C(=O)Nc1ccccc1. The third-order valence-electron chi connectivity index (χ3n) is 4.11. The summed E-state index contributed by atoms with van der Waals surface area (Å²) in [5.74, 6) is 0.0319. The highest BCUT2D eigenvalue weighted by Crippen LogP contribution is 2.30. The number of hydrogen-bond donors (Lipinski definition) is 1. The van der Waals surface area contributed by atoms with Crippen molar-refractivity contribution in [2.24, 2.45) is 0 Å². The summed E-state index contributed by atoms with van der Waals surface area (Å²) in [5, 5.41) is 15.7. The van der Waals surface area contributed by atoms with E-state index in [4.69, 9.17) is 4.74 Å². The number of rotatable bonds is 6. The lowest BCUT2D eigenvalue weighted by Gasteiger charge is -2.17. The monoisotopic (exact) mass is 362 g/mol. The summed E-state index contributed by atoms with van der Waals surface area (Å²) >= 11 is 0. The molecule has 138 valence electrons. The summed E-state index contributed by atoms with van der Waals surface area (Å²) in [6, 6.07) is 19.9. The predicted octanol–water partition coefficient (Wildman–Crippen LogP) is 4.34. The highest BCUT2D eigenvalue weighted by Gasteiger charge is 2.28. The summed E-state index contributed by atoms with van der Waals surface area (Å²) in [5.41, 5.74) is 2.31. The zero-order valence-corrected chi connectivity index (χ0v) is 15.4. The number of carbonyl (C=O) groups excluding carboxylic acids is 1. The second-order valence-corrected chi connectivity index (χ2v) is 6.20. The molecule has 5 heteroatoms. The summed E-state index contributed by atoms with van der Waals surface area (Å²) in [6.45, 7) is 4.16. The van der Waals surface area contributed by atoms with Crippen molar-refractivity contribution in [3.05, 3.63) is 83.2 Å². The molecule has 0 spiro atoms. The van der Waals surface area contributed by atoms with Gasteiger partial charge in [0.05, 0.1) is 6.61 Å². The van der Waals surface area contributed by atoms with Crippen molar-refractivity contribution in [1.29, 1.82) is 0 Å². The highest BCUT2D eigenvalue weighted by molar-refractivity contribution is 6.09. The molecule has 1 aromatic heterocycles. The number of para-hydroxylation sites is 1. The third kappa shape index (κ3) is 4.08. The maximum Gasteiger partial charge on any atom is 0.266 e. The van der Waals surface area contributed by atoms with E-state index in [1.165, 1.54) is 0 Å². The largest absolute Gasteiger partial charge is 0.618 e. The van der Waals surface area contributed by atoms with Gasteiger partial charge in [-0.2, -0.15) is 4.73 Å². The van der Waals surface area contributed by atoms with Gasteiger partial charge in [0.1, 0.15) is 5.75 Å². The van der Waals surface area contributed by atoms with Crippen LogP contribution in [0.2, 0.25) is 0 Å². The van der Waals surface area contributed by atoms with E-state index >= 15 is 0 Å². The molecule has 27 heavy (non-hydrogen) atoms. The van der Waals surface area contributed by atoms with Crippen LogP contribution in [0.1, 0.15) is 29.4 Å². The van der Waals surface area contributed by atoms with E-state index in [9.17, 15) is 10.0 Å². The van der Waals surface area contributed by atoms with E-state index in [1.54, 1.807) is 25.1 Å². The first-order valence-corrected chi connectivity index (χ1v) is 8.93. The number of ether oxygens (including phenoxy) is 1. The molecule has 0 radical (unpaired) electrons. The number of aromatic nitrogens is 1. The fourth-order valence-corrected chi connectivity index (χ4v) is 2.83. The molecule has 0 fully saturated rings. The van der Waals surface area contributed by atoms with Gasteiger partial charge in [-0.1, -0.05) is 43.3 Å². The number of carbonyl (C=O) groups is 1. The van der Waals surface area contributed by atoms with Gasteiger partial charge in [0.15, 0.2) is 11.3 Å². The molecular formula is C22H22N2O3. The second kappa shape index (κ2) is 8.36. The number of aryl methyl sites for hydroxylation is 1. The van der Waals surface area contributed by atoms with Crippen LogP contribution in [0.5, 0.6) is 5.75 Å². The van der Waals surface area contributed by atoms with Gasteiger partial charge in [-0.3, -0.25) is 4.79 Å². The van der Waals surface area contributed by atoms with Crippen molar-refractivity contribution in [3.8, 4) is 17.0 Å². The fourth-order valence-electron chi connectivity index (χ4n) is 2.83. The number of anilines is 1. The van der Waals surface area contributed by atoms with Crippen molar-refractivity contribution in [2.75, 3.05) is 11.9 Å². The lowest BCUT2D eigenvalue weighted by Crippen LogP contribution is -2.36. The van der Waals surface area contributed by atoms with E-state index in [0.717, 1.165) is 11.2 Å². The summed E-state index contributed by atoms with van der Waals surface area (Å²) < 4.78 is 6.62. The zero-order chi connectivity index (χ0) is 19.2. The van der Waals surface area contributed by atoms with Crippen molar-refractivity contribution in [2.45, 2.75) is 20.3 Å². The Hall–Kier alpha value is -3.34. The van der Waals surface area contributed by atoms with Crippen molar-refractivity contribution < 1.29 is 14.3 Å². The van der Waals surface area contributed by atoms with Gasteiger partial charge in [0.2, 0.25) is 5.69 Å². The van der Waals surface area contributed by atoms with Crippen LogP contribution in [-0.4, -0.2) is 12.5 Å². The Morgan fingerprint density at radius 2 is 1.70 bits per heavy atom. The number of hydrogen-bond acceptors (Lipinski definition) is 3. The Kier molecular flexibility index (Phi) is 5.71. The molecule has 1 amide bonds. The molecule has 0 aliphatic carbocycles. The minimum atomic E-state index is -0.379. The topological polar surface area (TPSA) is 65.3 Å². The minimum Gasteiger partial charge on any atom is -0.618 e. The molecule has 1 heterocycles. The number of amides is 1. The van der Waals surface area contributed by atoms with E-state index in [0.29, 0.717) is 29.3 Å². The van der Waals surface area contributed by atoms with Crippen LogP contribution < -0.4 is 14.8 Å². The number of nitrogens with zero attached hydrogens (tertiary/aromatic N) is 1. The first-order valence-electron chi connectivity index (χ1n) is 8.93. The second-order valence-electron chi connectivity index (χ2n) is 6.20. The highest BCUT2D eigenvalue weighted by atomic mass is 16.5. The third-order valence-corrected chi connectivity index (χ3v) is 4.11. The molecule has 3 rings (SSSR count). The Labute approximate surface area is 158 Å². The lowest BCUT2D eigenvalue weighted by atomic mass is 10.0. The maximum absolute atomic E-state index is 13.1. The van der Waals surface area contributed by atoms with Gasteiger partial charge in [-0.05, 0) is 30.7 Å². The number of benzene rings is 2. The first kappa shape index (κ1) is 18.5. The quantitative estimate of drug-likeness (QED) is 0.524. The molecule has 0 bridgehead atoms. The Morgan fingerprint density at radius 1 is 1.07 bits per heavy atom. The molecule has 0 aliphatic rings. The molecule has 5 nitrogen and oxygen atoms in total. The molecule has 0 aliphatic heterocycles. The normalized spacial score (nSPS) is 10.4. The first-order chi connectivity index (χ1) is 13.1. The van der Waals surface area contributed by atoms with Crippen LogP contribution >= 0.6 is 0 Å². The molecule has 0 saturated carbocycles.